The Morgan fingerprint density at radius 1 is 1.18 bits per heavy atom. The molecular formula is C26H30ClN5OS. The van der Waals surface area contributed by atoms with Crippen LogP contribution in [0.5, 0.6) is 0 Å². The summed E-state index contributed by atoms with van der Waals surface area (Å²) >= 11 is 8.40. The van der Waals surface area contributed by atoms with Gasteiger partial charge in [-0.15, -0.1) is 0 Å². The standard InChI is InChI=1S/C26H30ClN5OS/c1-15(33)29-26-30-21-11-10-19-23(17-7-8-17)31-32(24(19)25(21)34-26)22-12-9-18(13-20(22)27)28-14-16-5-3-2-4-6-16/h9,12-13,16-17,28H,2-8,10-11,14H2,1H3,(H,29,30,33). The van der Waals surface area contributed by atoms with E-state index in [0.717, 1.165) is 52.9 Å². The van der Waals surface area contributed by atoms with Gasteiger partial charge in [0.05, 0.1) is 32.7 Å². The first kappa shape index (κ1) is 22.1. The van der Waals surface area contributed by atoms with E-state index in [9.17, 15) is 4.79 Å². The number of anilines is 2. The summed E-state index contributed by atoms with van der Waals surface area (Å²) in [5.41, 5.74) is 6.63. The van der Waals surface area contributed by atoms with Crippen molar-refractivity contribution in [3.8, 4) is 16.3 Å². The number of hydrogen-bond donors (Lipinski definition) is 2. The minimum atomic E-state index is -0.0992. The zero-order valence-corrected chi connectivity index (χ0v) is 21.1. The van der Waals surface area contributed by atoms with Crippen LogP contribution in [0, 0.1) is 5.92 Å². The lowest BCUT2D eigenvalue weighted by molar-refractivity contribution is -0.114. The average Bonchev–Trinajstić information content (AvgIpc) is 3.47. The number of halogens is 1. The van der Waals surface area contributed by atoms with Crippen molar-refractivity contribution in [3.63, 3.8) is 0 Å². The monoisotopic (exact) mass is 495 g/mol. The van der Waals surface area contributed by atoms with E-state index < -0.39 is 0 Å². The molecule has 0 radical (unpaired) electrons. The van der Waals surface area contributed by atoms with Gasteiger partial charge in [-0.05, 0) is 62.6 Å². The zero-order chi connectivity index (χ0) is 23.2. The molecule has 1 aromatic carbocycles. The molecular weight excluding hydrogens is 466 g/mol. The van der Waals surface area contributed by atoms with Crippen molar-refractivity contribution < 1.29 is 4.79 Å². The van der Waals surface area contributed by atoms with Gasteiger partial charge in [-0.2, -0.15) is 5.10 Å². The van der Waals surface area contributed by atoms with E-state index in [1.807, 2.05) is 10.7 Å². The molecule has 0 atom stereocenters. The number of nitrogens with one attached hydrogen (secondary N) is 2. The van der Waals surface area contributed by atoms with Crippen molar-refractivity contribution in [3.05, 3.63) is 40.2 Å². The Morgan fingerprint density at radius 3 is 2.74 bits per heavy atom. The molecule has 0 aliphatic heterocycles. The first-order valence-corrected chi connectivity index (χ1v) is 13.7. The van der Waals surface area contributed by atoms with E-state index in [1.54, 1.807) is 0 Å². The predicted molar refractivity (Wildman–Crippen MR) is 138 cm³/mol. The molecule has 1 amide bonds. The summed E-state index contributed by atoms with van der Waals surface area (Å²) in [7, 11) is 0. The van der Waals surface area contributed by atoms with Gasteiger partial charge < -0.3 is 10.6 Å². The second kappa shape index (κ2) is 9.00. The predicted octanol–water partition coefficient (Wildman–Crippen LogP) is 6.58. The molecule has 3 aliphatic rings. The Hall–Kier alpha value is -2.38. The molecule has 0 spiro atoms. The number of thiazole rings is 1. The maximum absolute atomic E-state index is 11.6. The largest absolute Gasteiger partial charge is 0.385 e. The molecule has 2 saturated carbocycles. The highest BCUT2D eigenvalue weighted by Crippen LogP contribution is 2.48. The van der Waals surface area contributed by atoms with Gasteiger partial charge in [-0.3, -0.25) is 4.79 Å². The first-order chi connectivity index (χ1) is 16.6. The van der Waals surface area contributed by atoms with Crippen LogP contribution in [0.2, 0.25) is 5.02 Å². The second-order valence-corrected chi connectivity index (χ2v) is 11.3. The lowest BCUT2D eigenvalue weighted by atomic mass is 9.89. The highest BCUT2D eigenvalue weighted by Gasteiger charge is 2.36. The summed E-state index contributed by atoms with van der Waals surface area (Å²) < 4.78 is 2.03. The summed E-state index contributed by atoms with van der Waals surface area (Å²) in [5.74, 6) is 1.21. The molecule has 0 saturated heterocycles. The van der Waals surface area contributed by atoms with Crippen molar-refractivity contribution in [2.75, 3.05) is 17.2 Å². The Labute approximate surface area is 209 Å². The molecule has 6 nitrogen and oxygen atoms in total. The molecule has 0 bridgehead atoms. The first-order valence-electron chi connectivity index (χ1n) is 12.5. The Balaban J connectivity index is 1.34. The summed E-state index contributed by atoms with van der Waals surface area (Å²) in [4.78, 5) is 17.4. The highest BCUT2D eigenvalue weighted by atomic mass is 35.5. The van der Waals surface area contributed by atoms with Crippen LogP contribution in [0.3, 0.4) is 0 Å². The Kier molecular flexibility index (Phi) is 5.86. The number of aromatic nitrogens is 3. The van der Waals surface area contributed by atoms with Crippen molar-refractivity contribution in [2.24, 2.45) is 5.92 Å². The number of amides is 1. The minimum Gasteiger partial charge on any atom is -0.385 e. The summed E-state index contributed by atoms with van der Waals surface area (Å²) in [5, 5.41) is 12.9. The van der Waals surface area contributed by atoms with E-state index in [0.29, 0.717) is 16.1 Å². The number of rotatable bonds is 6. The smallest absolute Gasteiger partial charge is 0.223 e. The quantitative estimate of drug-likeness (QED) is 0.405. The average molecular weight is 496 g/mol. The maximum atomic E-state index is 11.6. The van der Waals surface area contributed by atoms with Crippen LogP contribution in [0.25, 0.3) is 16.3 Å². The molecule has 2 fully saturated rings. The fraction of sp³-hybridized carbons (Fsp3) is 0.500. The Morgan fingerprint density at radius 2 is 2.00 bits per heavy atom. The molecule has 0 unspecified atom stereocenters. The van der Waals surface area contributed by atoms with Crippen LogP contribution in [-0.2, 0) is 17.6 Å². The third-order valence-corrected chi connectivity index (χ3v) is 8.60. The topological polar surface area (TPSA) is 71.8 Å². The van der Waals surface area contributed by atoms with Gasteiger partial charge >= 0.3 is 0 Å². The SMILES string of the molecule is CC(=O)Nc1nc2c(s1)-c1c(c(C3CC3)nn1-c1ccc(NCC3CCCCC3)cc1Cl)CC2. The van der Waals surface area contributed by atoms with E-state index in [1.165, 1.54) is 74.5 Å². The van der Waals surface area contributed by atoms with Crippen LogP contribution in [0.15, 0.2) is 18.2 Å². The lowest BCUT2D eigenvalue weighted by Crippen LogP contribution is -2.17. The molecule has 3 aromatic rings. The molecule has 2 heterocycles. The Bertz CT molecular complexity index is 1240. The van der Waals surface area contributed by atoms with Crippen LogP contribution in [0.1, 0.15) is 74.7 Å². The molecule has 34 heavy (non-hydrogen) atoms. The summed E-state index contributed by atoms with van der Waals surface area (Å²) in [6, 6.07) is 6.23. The normalized spacial score (nSPS) is 17.8. The van der Waals surface area contributed by atoms with Gasteiger partial charge in [-0.1, -0.05) is 42.2 Å². The van der Waals surface area contributed by atoms with Crippen molar-refractivity contribution in [1.82, 2.24) is 14.8 Å². The van der Waals surface area contributed by atoms with Crippen LogP contribution >= 0.6 is 22.9 Å². The van der Waals surface area contributed by atoms with Crippen molar-refractivity contribution in [1.29, 1.82) is 0 Å². The molecule has 6 rings (SSSR count). The van der Waals surface area contributed by atoms with E-state index in [2.05, 4.69) is 22.8 Å². The van der Waals surface area contributed by atoms with E-state index in [-0.39, 0.29) is 5.91 Å². The van der Waals surface area contributed by atoms with Crippen molar-refractivity contribution in [2.45, 2.75) is 70.6 Å². The number of carbonyl (C=O) groups is 1. The molecule has 8 heteroatoms. The van der Waals surface area contributed by atoms with Gasteiger partial charge in [0.25, 0.3) is 0 Å². The number of carbonyl (C=O) groups excluding carboxylic acids is 1. The zero-order valence-electron chi connectivity index (χ0n) is 19.5. The molecule has 2 aromatic heterocycles. The van der Waals surface area contributed by atoms with Gasteiger partial charge in [0.15, 0.2) is 5.13 Å². The fourth-order valence-corrected chi connectivity index (χ4v) is 6.78. The van der Waals surface area contributed by atoms with Crippen LogP contribution < -0.4 is 10.6 Å². The molecule has 3 aliphatic carbocycles. The van der Waals surface area contributed by atoms with Crippen molar-refractivity contribution >= 4 is 39.7 Å². The second-order valence-electron chi connectivity index (χ2n) is 9.93. The van der Waals surface area contributed by atoms with Crippen LogP contribution in [-0.4, -0.2) is 27.2 Å². The molecule has 2 N–H and O–H groups in total. The summed E-state index contributed by atoms with van der Waals surface area (Å²) in [6.45, 7) is 2.53. The molecule has 178 valence electrons. The van der Waals surface area contributed by atoms with Gasteiger partial charge in [-0.25, -0.2) is 9.67 Å². The summed E-state index contributed by atoms with van der Waals surface area (Å²) in [6.07, 6.45) is 10.9. The highest BCUT2D eigenvalue weighted by molar-refractivity contribution is 7.19. The van der Waals surface area contributed by atoms with E-state index >= 15 is 0 Å². The van der Waals surface area contributed by atoms with Gasteiger partial charge in [0, 0.05) is 30.6 Å². The van der Waals surface area contributed by atoms with Gasteiger partial charge in [0.2, 0.25) is 5.91 Å². The third kappa shape index (κ3) is 4.24. The van der Waals surface area contributed by atoms with Crippen LogP contribution in [0.4, 0.5) is 10.8 Å². The number of nitrogens with zero attached hydrogens (tertiary/aromatic N) is 3. The number of hydrogen-bond acceptors (Lipinski definition) is 5. The lowest BCUT2D eigenvalue weighted by Gasteiger charge is -2.22. The maximum Gasteiger partial charge on any atom is 0.223 e. The third-order valence-electron chi connectivity index (χ3n) is 7.28. The van der Waals surface area contributed by atoms with E-state index in [4.69, 9.17) is 21.7 Å². The fourth-order valence-electron chi connectivity index (χ4n) is 5.40. The number of benzene rings is 1. The minimum absolute atomic E-state index is 0.0992. The number of aryl methyl sites for hydroxylation is 1. The number of fused-ring (bicyclic) bond motifs is 3. The van der Waals surface area contributed by atoms with Gasteiger partial charge in [0.1, 0.15) is 0 Å².